The number of methoxy groups -OCH3 is 1. The van der Waals surface area contributed by atoms with Gasteiger partial charge in [-0.25, -0.2) is 17.7 Å². The summed E-state index contributed by atoms with van der Waals surface area (Å²) >= 11 is 0.520. The Balaban J connectivity index is 1.56. The zero-order chi connectivity index (χ0) is 36.5. The Hall–Kier alpha value is -4.87. The summed E-state index contributed by atoms with van der Waals surface area (Å²) in [5, 5.41) is 4.68. The van der Waals surface area contributed by atoms with Gasteiger partial charge in [-0.05, 0) is 65.7 Å². The number of halogens is 8. The van der Waals surface area contributed by atoms with Crippen LogP contribution in [0.5, 0.6) is 5.75 Å². The van der Waals surface area contributed by atoms with Crippen molar-refractivity contribution < 1.29 is 53.7 Å². The third kappa shape index (κ3) is 7.95. The van der Waals surface area contributed by atoms with E-state index in [-0.39, 0.29) is 49.6 Å². The summed E-state index contributed by atoms with van der Waals surface area (Å²) in [4.78, 5) is 26.8. The van der Waals surface area contributed by atoms with Gasteiger partial charge in [0.05, 0.1) is 40.5 Å². The van der Waals surface area contributed by atoms with Gasteiger partial charge in [-0.1, -0.05) is 18.2 Å². The van der Waals surface area contributed by atoms with E-state index in [0.717, 1.165) is 24.3 Å². The van der Waals surface area contributed by atoms with Crippen molar-refractivity contribution in [3.05, 3.63) is 112 Å². The van der Waals surface area contributed by atoms with Gasteiger partial charge in [-0.15, -0.1) is 11.3 Å². The van der Waals surface area contributed by atoms with Gasteiger partial charge in [0.15, 0.2) is 0 Å². The third-order valence-corrected chi connectivity index (χ3v) is 8.96. The fourth-order valence-corrected chi connectivity index (χ4v) is 6.35. The summed E-state index contributed by atoms with van der Waals surface area (Å²) in [5.41, 5.74) is -2.81. The largest absolute Gasteiger partial charge is 0.496 e. The molecule has 4 aromatic carbocycles. The van der Waals surface area contributed by atoms with Crippen LogP contribution in [0, 0.1) is 11.6 Å². The molecule has 1 atom stereocenters. The van der Waals surface area contributed by atoms with Crippen molar-refractivity contribution in [3.8, 4) is 16.9 Å². The molecule has 50 heavy (non-hydrogen) atoms. The van der Waals surface area contributed by atoms with Crippen LogP contribution in [0.3, 0.4) is 0 Å². The molecule has 0 saturated carbocycles. The lowest BCUT2D eigenvalue weighted by molar-refractivity contribution is -0.140. The van der Waals surface area contributed by atoms with Gasteiger partial charge in [0.2, 0.25) is 0 Å². The monoisotopic (exact) mass is 741 g/mol. The average molecular weight is 742 g/mol. The molecule has 262 valence electrons. The topological polar surface area (TPSA) is 96.5 Å². The van der Waals surface area contributed by atoms with Crippen LogP contribution >= 0.6 is 11.3 Å². The molecule has 0 bridgehead atoms. The van der Waals surface area contributed by atoms with E-state index in [1.807, 2.05) is 0 Å². The lowest BCUT2D eigenvalue weighted by atomic mass is 9.99. The first-order valence-corrected chi connectivity index (χ1v) is 16.5. The zero-order valence-corrected chi connectivity index (χ0v) is 27.2. The van der Waals surface area contributed by atoms with Crippen LogP contribution < -0.4 is 20.1 Å². The molecular weight excluding hydrogens is 718 g/mol. The minimum Gasteiger partial charge on any atom is -0.496 e. The predicted octanol–water partition coefficient (Wildman–Crippen LogP) is 8.78. The molecular formula is C33H23F8N3O4S2. The first-order chi connectivity index (χ1) is 23.5. The highest BCUT2D eigenvalue weighted by Crippen LogP contribution is 2.41. The van der Waals surface area contributed by atoms with E-state index in [4.69, 9.17) is 4.74 Å². The molecule has 5 rings (SSSR count). The number of alkyl halides is 6. The molecule has 0 aliphatic heterocycles. The van der Waals surface area contributed by atoms with E-state index in [1.165, 1.54) is 49.8 Å². The molecule has 17 heteroatoms. The van der Waals surface area contributed by atoms with E-state index in [1.54, 1.807) is 0 Å². The minimum atomic E-state index is -5.10. The second-order valence-electron chi connectivity index (χ2n) is 10.6. The van der Waals surface area contributed by atoms with Crippen molar-refractivity contribution in [1.29, 1.82) is 0 Å². The number of thiophene rings is 1. The highest BCUT2D eigenvalue weighted by molar-refractivity contribution is 7.82. The maximum Gasteiger partial charge on any atom is 0.419 e. The Morgan fingerprint density at radius 3 is 2.20 bits per heavy atom. The van der Waals surface area contributed by atoms with Gasteiger partial charge in [-0.2, -0.15) is 26.3 Å². The fraction of sp³-hybridized carbons (Fsp3) is 0.152. The van der Waals surface area contributed by atoms with Crippen LogP contribution in [-0.4, -0.2) is 29.4 Å². The first-order valence-electron chi connectivity index (χ1n) is 14.1. The molecule has 1 unspecified atom stereocenters. The molecule has 1 heterocycles. The van der Waals surface area contributed by atoms with Crippen LogP contribution in [0.4, 0.5) is 46.5 Å². The standard InChI is InChI=1S/C33H23F8N3O4S2/c1-48-26-10-4-17(21-11-16(3-8-24(21)34)15-42-50(2)47)12-22(26)30(45)44-28-20-7-5-18(32(36,37)38)13-27(20)49-29(28)31(46)43-19-6-9-25(35)23(14-19)33(39,40)41/h3-14,42H,15H2,1-2H3,(H,43,46)(H,44,45). The zero-order valence-electron chi connectivity index (χ0n) is 25.6. The second kappa shape index (κ2) is 14.2. The number of fused-ring (bicyclic) bond motifs is 1. The van der Waals surface area contributed by atoms with Crippen molar-refractivity contribution in [3.63, 3.8) is 0 Å². The van der Waals surface area contributed by atoms with Gasteiger partial charge in [0.1, 0.15) is 22.3 Å². The first kappa shape index (κ1) is 36.4. The van der Waals surface area contributed by atoms with Crippen molar-refractivity contribution in [2.24, 2.45) is 0 Å². The number of carbonyl (C=O) groups is 2. The Labute approximate surface area is 284 Å². The highest BCUT2D eigenvalue weighted by atomic mass is 32.2. The molecule has 5 aromatic rings. The second-order valence-corrected chi connectivity index (χ2v) is 12.9. The third-order valence-electron chi connectivity index (χ3n) is 7.26. The smallest absolute Gasteiger partial charge is 0.419 e. The van der Waals surface area contributed by atoms with Crippen LogP contribution in [0.1, 0.15) is 36.7 Å². The molecule has 0 spiro atoms. The number of ether oxygens (including phenoxy) is 1. The van der Waals surface area contributed by atoms with Crippen LogP contribution in [0.2, 0.25) is 0 Å². The van der Waals surface area contributed by atoms with E-state index in [9.17, 15) is 48.9 Å². The highest BCUT2D eigenvalue weighted by Gasteiger charge is 2.35. The lowest BCUT2D eigenvalue weighted by Gasteiger charge is -2.14. The summed E-state index contributed by atoms with van der Waals surface area (Å²) in [6, 6.07) is 12.5. The maximum absolute atomic E-state index is 15.0. The number of amides is 2. The molecule has 0 saturated heterocycles. The molecule has 0 radical (unpaired) electrons. The summed E-state index contributed by atoms with van der Waals surface area (Å²) in [6.07, 6.45) is -8.44. The van der Waals surface area contributed by atoms with Crippen LogP contribution in [-0.2, 0) is 29.9 Å². The average Bonchev–Trinajstić information content (AvgIpc) is 3.41. The molecule has 0 aliphatic carbocycles. The van der Waals surface area contributed by atoms with Crippen molar-refractivity contribution in [1.82, 2.24) is 4.72 Å². The minimum absolute atomic E-state index is 0.00162. The number of hydrogen-bond acceptors (Lipinski definition) is 5. The quantitative estimate of drug-likeness (QED) is 0.132. The summed E-state index contributed by atoms with van der Waals surface area (Å²) in [7, 11) is -0.0996. The maximum atomic E-state index is 15.0. The molecule has 3 N–H and O–H groups in total. The molecule has 7 nitrogen and oxygen atoms in total. The van der Waals surface area contributed by atoms with Gasteiger partial charge in [-0.3, -0.25) is 9.59 Å². The summed E-state index contributed by atoms with van der Waals surface area (Å²) < 4.78 is 129. The molecule has 0 aliphatic rings. The number of carbonyl (C=O) groups excluding carboxylic acids is 2. The predicted molar refractivity (Wildman–Crippen MR) is 173 cm³/mol. The van der Waals surface area contributed by atoms with E-state index >= 15 is 0 Å². The summed E-state index contributed by atoms with van der Waals surface area (Å²) in [6.45, 7) is 0.140. The van der Waals surface area contributed by atoms with Gasteiger partial charge >= 0.3 is 12.4 Å². The van der Waals surface area contributed by atoms with Gasteiger partial charge in [0.25, 0.3) is 11.8 Å². The fourth-order valence-electron chi connectivity index (χ4n) is 4.89. The van der Waals surface area contributed by atoms with Gasteiger partial charge in [0, 0.05) is 34.1 Å². The Morgan fingerprint density at radius 2 is 1.54 bits per heavy atom. The SMILES string of the molecule is COc1ccc(-c2cc(CNS(C)=O)ccc2F)cc1C(=O)Nc1c(C(=O)Nc2ccc(F)c(C(F)(F)F)c2)sc2cc(C(F)(F)F)ccc12. The number of rotatable bonds is 9. The Bertz CT molecular complexity index is 2150. The van der Waals surface area contributed by atoms with E-state index in [0.29, 0.717) is 29.0 Å². The van der Waals surface area contributed by atoms with Crippen LogP contribution in [0.15, 0.2) is 72.8 Å². The summed E-state index contributed by atoms with van der Waals surface area (Å²) in [5.74, 6) is -4.29. The Morgan fingerprint density at radius 1 is 0.820 bits per heavy atom. The Kier molecular flexibility index (Phi) is 10.3. The molecule has 2 amide bonds. The van der Waals surface area contributed by atoms with Crippen molar-refractivity contribution in [2.75, 3.05) is 24.0 Å². The number of nitrogens with one attached hydrogen (secondary N) is 3. The number of hydrogen-bond donors (Lipinski definition) is 3. The van der Waals surface area contributed by atoms with Crippen LogP contribution in [0.25, 0.3) is 21.2 Å². The van der Waals surface area contributed by atoms with Crippen molar-refractivity contribution in [2.45, 2.75) is 18.9 Å². The number of anilines is 2. The lowest BCUT2D eigenvalue weighted by Crippen LogP contribution is -2.18. The van der Waals surface area contributed by atoms with Crippen molar-refractivity contribution >= 4 is 55.6 Å². The molecule has 1 aromatic heterocycles. The number of benzene rings is 4. The van der Waals surface area contributed by atoms with Gasteiger partial charge < -0.3 is 15.4 Å². The normalized spacial score (nSPS) is 12.5. The van der Waals surface area contributed by atoms with E-state index < -0.39 is 63.6 Å². The molecule has 0 fully saturated rings. The van der Waals surface area contributed by atoms with E-state index in [2.05, 4.69) is 15.4 Å².